The first kappa shape index (κ1) is 12.8. The Morgan fingerprint density at radius 3 is 2.50 bits per heavy atom. The van der Waals surface area contributed by atoms with Crippen molar-refractivity contribution in [3.05, 3.63) is 70.2 Å². The number of halogens is 1. The smallest absolute Gasteiger partial charge is 0.344 e. The van der Waals surface area contributed by atoms with Gasteiger partial charge in [-0.2, -0.15) is 0 Å². The minimum Gasteiger partial charge on any atom is -0.422 e. The van der Waals surface area contributed by atoms with Gasteiger partial charge in [-0.1, -0.05) is 34.1 Å². The molecule has 20 heavy (non-hydrogen) atoms. The summed E-state index contributed by atoms with van der Waals surface area (Å²) >= 11 is 3.31. The second-order valence-electron chi connectivity index (χ2n) is 4.31. The minimum absolute atomic E-state index is 0.221. The van der Waals surface area contributed by atoms with Gasteiger partial charge in [0.05, 0.1) is 5.57 Å². The van der Waals surface area contributed by atoms with Gasteiger partial charge in [-0.05, 0) is 30.3 Å². The number of fused-ring (bicyclic) bond motifs is 1. The summed E-state index contributed by atoms with van der Waals surface area (Å²) in [7, 11) is 0. The number of benzene rings is 2. The fraction of sp³-hybridized carbons (Fsp3) is 0. The van der Waals surface area contributed by atoms with Crippen molar-refractivity contribution in [3.8, 4) is 5.75 Å². The van der Waals surface area contributed by atoms with E-state index in [2.05, 4.69) is 15.9 Å². The predicted molar refractivity (Wildman–Crippen MR) is 78.5 cm³/mol. The van der Waals surface area contributed by atoms with Gasteiger partial charge in [-0.3, -0.25) is 4.79 Å². The van der Waals surface area contributed by atoms with E-state index in [1.807, 2.05) is 0 Å². The van der Waals surface area contributed by atoms with Crippen LogP contribution in [0.4, 0.5) is 0 Å². The van der Waals surface area contributed by atoms with Crippen LogP contribution < -0.4 is 4.74 Å². The van der Waals surface area contributed by atoms with Gasteiger partial charge in [0.1, 0.15) is 5.75 Å². The summed E-state index contributed by atoms with van der Waals surface area (Å²) in [5.41, 5.74) is 1.48. The lowest BCUT2D eigenvalue weighted by Crippen LogP contribution is -2.03. The number of ether oxygens (including phenoxy) is 1. The summed E-state index contributed by atoms with van der Waals surface area (Å²) in [5.74, 6) is -0.217. The molecule has 0 amide bonds. The molecule has 4 heteroatoms. The Morgan fingerprint density at radius 1 is 1.05 bits per heavy atom. The fourth-order valence-electron chi connectivity index (χ4n) is 2.01. The topological polar surface area (TPSA) is 43.4 Å². The third-order valence-electron chi connectivity index (χ3n) is 3.00. The first-order valence-electron chi connectivity index (χ1n) is 5.98. The summed E-state index contributed by atoms with van der Waals surface area (Å²) < 4.78 is 6.00. The first-order chi connectivity index (χ1) is 9.65. The predicted octanol–water partition coefficient (Wildman–Crippen LogP) is 3.63. The van der Waals surface area contributed by atoms with E-state index in [0.717, 1.165) is 4.47 Å². The molecular weight excluding hydrogens is 320 g/mol. The lowest BCUT2D eigenvalue weighted by Gasteiger charge is -1.98. The lowest BCUT2D eigenvalue weighted by molar-refractivity contribution is -0.127. The standard InChI is InChI=1S/C16H9BrO3/c17-11-7-5-10(6-8-11)14(18)9-13-12-3-1-2-4-15(12)20-16(13)19/h1-9H/b13-9+. The highest BCUT2D eigenvalue weighted by Gasteiger charge is 2.27. The molecule has 0 spiro atoms. The Kier molecular flexibility index (Phi) is 3.24. The van der Waals surface area contributed by atoms with E-state index in [4.69, 9.17) is 4.74 Å². The van der Waals surface area contributed by atoms with Crippen LogP contribution in [0.1, 0.15) is 15.9 Å². The van der Waals surface area contributed by atoms with E-state index in [-0.39, 0.29) is 5.78 Å². The molecule has 0 atom stereocenters. The number of hydrogen-bond donors (Lipinski definition) is 0. The summed E-state index contributed by atoms with van der Waals surface area (Å²) in [4.78, 5) is 24.0. The van der Waals surface area contributed by atoms with Crippen LogP contribution in [0, 0.1) is 0 Å². The highest BCUT2D eigenvalue weighted by molar-refractivity contribution is 9.10. The average Bonchev–Trinajstić information content (AvgIpc) is 2.76. The third kappa shape index (κ3) is 2.30. The van der Waals surface area contributed by atoms with Gasteiger partial charge in [-0.15, -0.1) is 0 Å². The number of para-hydroxylation sites is 1. The molecule has 98 valence electrons. The summed E-state index contributed by atoms with van der Waals surface area (Å²) in [6.07, 6.45) is 1.33. The molecule has 1 aliphatic heterocycles. The Bertz CT molecular complexity index is 730. The van der Waals surface area contributed by atoms with Crippen molar-refractivity contribution in [1.82, 2.24) is 0 Å². The van der Waals surface area contributed by atoms with Crippen molar-refractivity contribution >= 4 is 33.3 Å². The normalized spacial score (nSPS) is 15.1. The summed E-state index contributed by atoms with van der Waals surface area (Å²) in [6, 6.07) is 14.0. The van der Waals surface area contributed by atoms with Crippen LogP contribution in [0.25, 0.3) is 5.57 Å². The number of ketones is 1. The molecule has 0 saturated carbocycles. The highest BCUT2D eigenvalue weighted by Crippen LogP contribution is 2.33. The molecule has 1 aliphatic rings. The number of carbonyl (C=O) groups excluding carboxylic acids is 2. The molecular formula is C16H9BrO3. The molecule has 0 unspecified atom stereocenters. The van der Waals surface area contributed by atoms with Crippen molar-refractivity contribution in [2.24, 2.45) is 0 Å². The maximum absolute atomic E-state index is 12.2. The molecule has 2 aromatic carbocycles. The molecule has 3 rings (SSSR count). The maximum atomic E-state index is 12.2. The Morgan fingerprint density at radius 2 is 1.75 bits per heavy atom. The molecule has 0 radical (unpaired) electrons. The molecule has 3 nitrogen and oxygen atoms in total. The highest BCUT2D eigenvalue weighted by atomic mass is 79.9. The van der Waals surface area contributed by atoms with Crippen LogP contribution in [0.2, 0.25) is 0 Å². The van der Waals surface area contributed by atoms with E-state index >= 15 is 0 Å². The van der Waals surface area contributed by atoms with Gasteiger partial charge >= 0.3 is 5.97 Å². The lowest BCUT2D eigenvalue weighted by atomic mass is 10.0. The van der Waals surface area contributed by atoms with Crippen LogP contribution in [0.5, 0.6) is 5.75 Å². The Hall–Kier alpha value is -2.20. The number of carbonyl (C=O) groups is 2. The molecule has 0 N–H and O–H groups in total. The maximum Gasteiger partial charge on any atom is 0.344 e. The van der Waals surface area contributed by atoms with Gasteiger partial charge in [0.25, 0.3) is 0 Å². The quantitative estimate of drug-likeness (QED) is 0.366. The van der Waals surface area contributed by atoms with E-state index in [9.17, 15) is 9.59 Å². The zero-order chi connectivity index (χ0) is 14.1. The zero-order valence-electron chi connectivity index (χ0n) is 10.3. The van der Waals surface area contributed by atoms with E-state index in [1.54, 1.807) is 48.5 Å². The second-order valence-corrected chi connectivity index (χ2v) is 5.23. The molecule has 1 heterocycles. The van der Waals surface area contributed by atoms with Crippen LogP contribution in [0.15, 0.2) is 59.1 Å². The van der Waals surface area contributed by atoms with Crippen LogP contribution in [0.3, 0.4) is 0 Å². The van der Waals surface area contributed by atoms with Crippen molar-refractivity contribution < 1.29 is 14.3 Å². The second kappa shape index (κ2) is 5.06. The van der Waals surface area contributed by atoms with Crippen molar-refractivity contribution in [3.63, 3.8) is 0 Å². The Labute approximate surface area is 124 Å². The van der Waals surface area contributed by atoms with E-state index in [0.29, 0.717) is 22.4 Å². The van der Waals surface area contributed by atoms with Crippen LogP contribution >= 0.6 is 15.9 Å². The van der Waals surface area contributed by atoms with E-state index < -0.39 is 5.97 Å². The first-order valence-corrected chi connectivity index (χ1v) is 6.77. The average molecular weight is 329 g/mol. The van der Waals surface area contributed by atoms with E-state index in [1.165, 1.54) is 6.08 Å². The minimum atomic E-state index is -0.489. The summed E-state index contributed by atoms with van der Waals surface area (Å²) in [6.45, 7) is 0. The number of allylic oxidation sites excluding steroid dienone is 1. The largest absolute Gasteiger partial charge is 0.422 e. The molecule has 0 saturated heterocycles. The zero-order valence-corrected chi connectivity index (χ0v) is 11.9. The Balaban J connectivity index is 1.98. The third-order valence-corrected chi connectivity index (χ3v) is 3.53. The van der Waals surface area contributed by atoms with Crippen LogP contribution in [-0.4, -0.2) is 11.8 Å². The van der Waals surface area contributed by atoms with Gasteiger partial charge in [0, 0.05) is 21.7 Å². The van der Waals surface area contributed by atoms with Gasteiger partial charge < -0.3 is 4.74 Å². The van der Waals surface area contributed by atoms with Crippen LogP contribution in [-0.2, 0) is 4.79 Å². The number of esters is 1. The monoisotopic (exact) mass is 328 g/mol. The van der Waals surface area contributed by atoms with Crippen molar-refractivity contribution in [1.29, 1.82) is 0 Å². The molecule has 2 aromatic rings. The molecule has 0 aliphatic carbocycles. The fourth-order valence-corrected chi connectivity index (χ4v) is 2.27. The van der Waals surface area contributed by atoms with Crippen molar-refractivity contribution in [2.45, 2.75) is 0 Å². The summed E-state index contributed by atoms with van der Waals surface area (Å²) in [5, 5.41) is 0. The molecule has 0 aromatic heterocycles. The molecule has 0 fully saturated rings. The number of hydrogen-bond acceptors (Lipinski definition) is 3. The van der Waals surface area contributed by atoms with Gasteiger partial charge in [0.15, 0.2) is 5.78 Å². The van der Waals surface area contributed by atoms with Gasteiger partial charge in [-0.25, -0.2) is 4.79 Å². The molecule has 0 bridgehead atoms. The van der Waals surface area contributed by atoms with Crippen molar-refractivity contribution in [2.75, 3.05) is 0 Å². The van der Waals surface area contributed by atoms with Gasteiger partial charge in [0.2, 0.25) is 0 Å². The number of rotatable bonds is 2. The SMILES string of the molecule is O=C1Oc2ccccc2/C1=C\C(=O)c1ccc(Br)cc1.